The second-order valence-corrected chi connectivity index (χ2v) is 2.68. The Morgan fingerprint density at radius 3 is 1.73 bits per heavy atom. The molecule has 0 aliphatic rings. The Labute approximate surface area is 84.4 Å². The molecule has 0 aromatic heterocycles. The third kappa shape index (κ3) is 4.93. The van der Waals surface area contributed by atoms with Gasteiger partial charge < -0.3 is 25.3 Å². The zero-order valence-corrected chi connectivity index (χ0v) is 7.66. The summed E-state index contributed by atoms with van der Waals surface area (Å²) in [7, 11) is 0. The smallest absolute Gasteiger partial charge is 0.323 e. The highest BCUT2D eigenvalue weighted by molar-refractivity contribution is 5.87. The van der Waals surface area contributed by atoms with Gasteiger partial charge in [0.1, 0.15) is 13.1 Å². The molecule has 0 bridgehead atoms. The molecule has 4 N–H and O–H groups in total. The number of carbonyl (C=O) groups excluding carboxylic acids is 1. The summed E-state index contributed by atoms with van der Waals surface area (Å²) < 4.78 is 0. The average Bonchev–Trinajstić information content (AvgIpc) is 2.13. The standard InChI is InChI=1S/C7H11NO7/c9-3-4(10)7(15)8(1-5(11)12)2-6(13)14/h4,9-10H,1-3H2,(H,11,12)(H,13,14). The Kier molecular flexibility index (Phi) is 5.27. The molecule has 0 aliphatic heterocycles. The lowest BCUT2D eigenvalue weighted by atomic mass is 10.3. The molecule has 15 heavy (non-hydrogen) atoms. The van der Waals surface area contributed by atoms with Crippen molar-refractivity contribution in [1.29, 1.82) is 0 Å². The first-order valence-electron chi connectivity index (χ1n) is 3.89. The summed E-state index contributed by atoms with van der Waals surface area (Å²) in [5, 5.41) is 34.1. The van der Waals surface area contributed by atoms with E-state index in [9.17, 15) is 14.4 Å². The van der Waals surface area contributed by atoms with Crippen molar-refractivity contribution in [3.05, 3.63) is 0 Å². The fourth-order valence-electron chi connectivity index (χ4n) is 0.827. The summed E-state index contributed by atoms with van der Waals surface area (Å²) in [6.07, 6.45) is -1.80. The average molecular weight is 221 g/mol. The van der Waals surface area contributed by atoms with Crippen LogP contribution < -0.4 is 0 Å². The molecule has 0 radical (unpaired) electrons. The van der Waals surface area contributed by atoms with Crippen LogP contribution in [0.3, 0.4) is 0 Å². The fourth-order valence-corrected chi connectivity index (χ4v) is 0.827. The topological polar surface area (TPSA) is 135 Å². The van der Waals surface area contributed by atoms with Crippen molar-refractivity contribution in [2.45, 2.75) is 6.10 Å². The molecule has 0 aliphatic carbocycles. The molecule has 8 heteroatoms. The molecular formula is C7H11NO7. The molecule has 0 aromatic carbocycles. The van der Waals surface area contributed by atoms with Gasteiger partial charge in [-0.3, -0.25) is 14.4 Å². The lowest BCUT2D eigenvalue weighted by Crippen LogP contribution is -2.45. The summed E-state index contributed by atoms with van der Waals surface area (Å²) in [5.74, 6) is -3.95. The van der Waals surface area contributed by atoms with Crippen molar-refractivity contribution >= 4 is 17.8 Å². The van der Waals surface area contributed by atoms with Crippen LogP contribution in [0.2, 0.25) is 0 Å². The van der Waals surface area contributed by atoms with Gasteiger partial charge in [0.05, 0.1) is 6.61 Å². The van der Waals surface area contributed by atoms with Gasteiger partial charge in [-0.1, -0.05) is 0 Å². The first kappa shape index (κ1) is 13.3. The summed E-state index contributed by atoms with van der Waals surface area (Å²) in [4.78, 5) is 32.1. The SMILES string of the molecule is O=C(O)CN(CC(=O)O)C(=O)C(O)CO. The van der Waals surface area contributed by atoms with Gasteiger partial charge >= 0.3 is 11.9 Å². The van der Waals surface area contributed by atoms with E-state index in [2.05, 4.69) is 0 Å². The van der Waals surface area contributed by atoms with Gasteiger partial charge in [0, 0.05) is 0 Å². The maximum atomic E-state index is 11.1. The quantitative estimate of drug-likeness (QED) is 0.384. The Hall–Kier alpha value is -1.67. The number of carboxylic acids is 2. The molecular weight excluding hydrogens is 210 g/mol. The minimum atomic E-state index is -1.80. The van der Waals surface area contributed by atoms with Gasteiger partial charge in [-0.2, -0.15) is 0 Å². The van der Waals surface area contributed by atoms with Gasteiger partial charge in [0.25, 0.3) is 5.91 Å². The van der Waals surface area contributed by atoms with Crippen LogP contribution in [0.4, 0.5) is 0 Å². The number of aliphatic hydroxyl groups is 2. The number of hydrogen-bond acceptors (Lipinski definition) is 5. The predicted octanol–water partition coefficient (Wildman–Crippen LogP) is -2.66. The van der Waals surface area contributed by atoms with E-state index in [0.717, 1.165) is 0 Å². The van der Waals surface area contributed by atoms with Gasteiger partial charge in [-0.15, -0.1) is 0 Å². The van der Waals surface area contributed by atoms with Crippen molar-refractivity contribution < 1.29 is 34.8 Å². The zero-order valence-electron chi connectivity index (χ0n) is 7.66. The number of amides is 1. The lowest BCUT2D eigenvalue weighted by Gasteiger charge is -2.20. The maximum absolute atomic E-state index is 11.1. The summed E-state index contributed by atoms with van der Waals surface area (Å²) >= 11 is 0. The van der Waals surface area contributed by atoms with Crippen LogP contribution in [0.1, 0.15) is 0 Å². The van der Waals surface area contributed by atoms with E-state index >= 15 is 0 Å². The van der Waals surface area contributed by atoms with Gasteiger partial charge in [-0.05, 0) is 0 Å². The van der Waals surface area contributed by atoms with Crippen LogP contribution in [0.5, 0.6) is 0 Å². The Morgan fingerprint density at radius 1 is 1.07 bits per heavy atom. The first-order valence-corrected chi connectivity index (χ1v) is 3.89. The van der Waals surface area contributed by atoms with Crippen molar-refractivity contribution in [1.82, 2.24) is 4.90 Å². The molecule has 1 unspecified atom stereocenters. The molecule has 0 rings (SSSR count). The molecule has 0 fully saturated rings. The second-order valence-electron chi connectivity index (χ2n) is 2.68. The van der Waals surface area contributed by atoms with E-state index in [1.165, 1.54) is 0 Å². The van der Waals surface area contributed by atoms with Gasteiger partial charge in [0.2, 0.25) is 0 Å². The van der Waals surface area contributed by atoms with E-state index in [4.69, 9.17) is 20.4 Å². The predicted molar refractivity (Wildman–Crippen MR) is 44.9 cm³/mol. The van der Waals surface area contributed by atoms with E-state index in [-0.39, 0.29) is 0 Å². The van der Waals surface area contributed by atoms with Gasteiger partial charge in [-0.25, -0.2) is 0 Å². The monoisotopic (exact) mass is 221 g/mol. The molecule has 0 saturated carbocycles. The Morgan fingerprint density at radius 2 is 1.47 bits per heavy atom. The van der Waals surface area contributed by atoms with E-state index < -0.39 is 43.6 Å². The molecule has 86 valence electrons. The zero-order chi connectivity index (χ0) is 12.0. The van der Waals surface area contributed by atoms with E-state index in [1.807, 2.05) is 0 Å². The second kappa shape index (κ2) is 5.94. The fraction of sp³-hybridized carbons (Fsp3) is 0.571. The van der Waals surface area contributed by atoms with Crippen molar-refractivity contribution in [3.63, 3.8) is 0 Å². The number of carboxylic acid groups (broad SMARTS) is 2. The molecule has 1 amide bonds. The molecule has 1 atom stereocenters. The molecule has 8 nitrogen and oxygen atoms in total. The van der Waals surface area contributed by atoms with Gasteiger partial charge in [0.15, 0.2) is 6.10 Å². The van der Waals surface area contributed by atoms with Crippen molar-refractivity contribution in [2.24, 2.45) is 0 Å². The highest BCUT2D eigenvalue weighted by Crippen LogP contribution is 1.95. The number of aliphatic hydroxyl groups excluding tert-OH is 2. The molecule has 0 aromatic rings. The van der Waals surface area contributed by atoms with E-state index in [1.54, 1.807) is 0 Å². The number of hydrogen-bond donors (Lipinski definition) is 4. The molecule has 0 saturated heterocycles. The largest absolute Gasteiger partial charge is 0.480 e. The third-order valence-corrected chi connectivity index (χ3v) is 1.42. The van der Waals surface area contributed by atoms with Crippen LogP contribution in [0.15, 0.2) is 0 Å². The normalized spacial score (nSPS) is 11.9. The Bertz CT molecular complexity index is 248. The van der Waals surface area contributed by atoms with Crippen LogP contribution in [0, 0.1) is 0 Å². The van der Waals surface area contributed by atoms with Crippen LogP contribution in [-0.4, -0.2) is 69.0 Å². The highest BCUT2D eigenvalue weighted by atomic mass is 16.4. The third-order valence-electron chi connectivity index (χ3n) is 1.42. The maximum Gasteiger partial charge on any atom is 0.323 e. The first-order chi connectivity index (χ1) is 6.88. The number of rotatable bonds is 6. The number of carbonyl (C=O) groups is 3. The van der Waals surface area contributed by atoms with Crippen LogP contribution >= 0.6 is 0 Å². The Balaban J connectivity index is 4.53. The van der Waals surface area contributed by atoms with Crippen LogP contribution in [-0.2, 0) is 14.4 Å². The number of nitrogens with zero attached hydrogens (tertiary/aromatic N) is 1. The summed E-state index contributed by atoms with van der Waals surface area (Å²) in [6, 6.07) is 0. The molecule has 0 heterocycles. The minimum absolute atomic E-state index is 0.422. The minimum Gasteiger partial charge on any atom is -0.480 e. The van der Waals surface area contributed by atoms with Crippen LogP contribution in [0.25, 0.3) is 0 Å². The summed E-state index contributed by atoms with van der Waals surface area (Å²) in [5.41, 5.74) is 0. The van der Waals surface area contributed by atoms with Crippen molar-refractivity contribution in [2.75, 3.05) is 19.7 Å². The van der Waals surface area contributed by atoms with E-state index in [0.29, 0.717) is 4.90 Å². The summed E-state index contributed by atoms with van der Waals surface area (Å²) in [6.45, 7) is -2.58. The highest BCUT2D eigenvalue weighted by Gasteiger charge is 2.25. The lowest BCUT2D eigenvalue weighted by molar-refractivity contribution is -0.154. The van der Waals surface area contributed by atoms with Crippen molar-refractivity contribution in [3.8, 4) is 0 Å². The number of aliphatic carboxylic acids is 2. The molecule has 0 spiro atoms.